The fraction of sp³-hybridized carbons (Fsp3) is 0.211. The smallest absolute Gasteiger partial charge is 0.325 e. The van der Waals surface area contributed by atoms with E-state index < -0.39 is 12.0 Å². The summed E-state index contributed by atoms with van der Waals surface area (Å²) in [7, 11) is 0. The number of anilines is 1. The number of nitrogens with one attached hydrogen (secondary N) is 1. The van der Waals surface area contributed by atoms with Crippen molar-refractivity contribution in [3.8, 4) is 0 Å². The van der Waals surface area contributed by atoms with Gasteiger partial charge in [0.2, 0.25) is 11.7 Å². The summed E-state index contributed by atoms with van der Waals surface area (Å²) in [5.74, 6) is -1.59. The molecule has 3 aromatic rings. The highest BCUT2D eigenvalue weighted by molar-refractivity contribution is 8.00. The Kier molecular flexibility index (Phi) is 5.36. The van der Waals surface area contributed by atoms with Crippen LogP contribution in [0, 0.1) is 13.8 Å². The van der Waals surface area contributed by atoms with Crippen LogP contribution >= 0.6 is 11.8 Å². The Labute approximate surface area is 158 Å². The number of carbonyl (C=O) groups excluding carboxylic acids is 1. The van der Waals surface area contributed by atoms with Crippen molar-refractivity contribution in [1.29, 1.82) is 0 Å². The fourth-order valence-electron chi connectivity index (χ4n) is 2.56. The molecule has 1 aromatic heterocycles. The quantitative estimate of drug-likeness (QED) is 0.503. The van der Waals surface area contributed by atoms with E-state index >= 15 is 0 Å². The molecule has 3 rings (SSSR count). The van der Waals surface area contributed by atoms with E-state index in [0.717, 1.165) is 22.9 Å². The first-order chi connectivity index (χ1) is 12.7. The first-order valence-corrected chi connectivity index (χ1v) is 9.06. The number of aromatic nitrogens is 2. The Bertz CT molecular complexity index is 1010. The monoisotopic (exact) mass is 391 g/mol. The van der Waals surface area contributed by atoms with Crippen molar-refractivity contribution in [2.75, 3.05) is 11.1 Å². The average Bonchev–Trinajstić information content (AvgIpc) is 2.61. The number of fused-ring (bicyclic) bond motifs is 1. The molecule has 1 heterocycles. The summed E-state index contributed by atoms with van der Waals surface area (Å²) >= 11 is 0.953. The molecule has 8 heteroatoms. The molecule has 0 spiro atoms. The van der Waals surface area contributed by atoms with Crippen LogP contribution in [-0.2, 0) is 11.0 Å². The van der Waals surface area contributed by atoms with Crippen LogP contribution in [0.4, 0.5) is 18.9 Å². The number of aryl methyl sites for hydroxylation is 2. The van der Waals surface area contributed by atoms with Gasteiger partial charge in [-0.2, -0.15) is 13.2 Å². The lowest BCUT2D eigenvalue weighted by molar-refractivity contribution is -0.145. The first-order valence-electron chi connectivity index (χ1n) is 8.08. The Morgan fingerprint density at radius 2 is 1.85 bits per heavy atom. The third kappa shape index (κ3) is 4.57. The van der Waals surface area contributed by atoms with Crippen molar-refractivity contribution in [2.24, 2.45) is 0 Å². The number of hydrogen-bond acceptors (Lipinski definition) is 4. The predicted molar refractivity (Wildman–Crippen MR) is 99.8 cm³/mol. The largest absolute Gasteiger partial charge is 0.451 e. The van der Waals surface area contributed by atoms with Gasteiger partial charge in [-0.3, -0.25) is 4.79 Å². The molecule has 0 aliphatic heterocycles. The number of amides is 1. The summed E-state index contributed by atoms with van der Waals surface area (Å²) in [6.45, 7) is 3.83. The second kappa shape index (κ2) is 7.56. The van der Waals surface area contributed by atoms with Gasteiger partial charge < -0.3 is 5.32 Å². The number of rotatable bonds is 4. The Morgan fingerprint density at radius 1 is 1.11 bits per heavy atom. The zero-order valence-electron chi connectivity index (χ0n) is 14.6. The molecule has 0 fully saturated rings. The van der Waals surface area contributed by atoms with Crippen LogP contribution in [0.5, 0.6) is 0 Å². The molecule has 0 atom stereocenters. The lowest BCUT2D eigenvalue weighted by Gasteiger charge is -2.11. The molecule has 0 bridgehead atoms. The highest BCUT2D eigenvalue weighted by atomic mass is 32.2. The second-order valence-electron chi connectivity index (χ2n) is 6.02. The van der Waals surface area contributed by atoms with Crippen LogP contribution in [0.3, 0.4) is 0 Å². The zero-order chi connectivity index (χ0) is 19.6. The standard InChI is InChI=1S/C19H16F3N3OS/c1-11-7-8-14(12(2)9-11)23-16(26)10-27-17-13-5-3-4-6-15(13)24-18(25-17)19(20,21)22/h3-9H,10H2,1-2H3,(H,23,26). The van der Waals surface area contributed by atoms with E-state index in [-0.39, 0.29) is 22.2 Å². The minimum Gasteiger partial charge on any atom is -0.325 e. The normalized spacial score (nSPS) is 11.6. The number of halogens is 3. The van der Waals surface area contributed by atoms with Gasteiger partial charge in [-0.25, -0.2) is 9.97 Å². The van der Waals surface area contributed by atoms with Gasteiger partial charge in [0.05, 0.1) is 11.3 Å². The third-order valence-corrected chi connectivity index (χ3v) is 4.81. The molecule has 4 nitrogen and oxygen atoms in total. The summed E-state index contributed by atoms with van der Waals surface area (Å²) in [4.78, 5) is 19.4. The van der Waals surface area contributed by atoms with Crippen LogP contribution in [0.1, 0.15) is 17.0 Å². The fourth-order valence-corrected chi connectivity index (χ4v) is 3.38. The number of benzene rings is 2. The highest BCUT2D eigenvalue weighted by Gasteiger charge is 2.35. The summed E-state index contributed by atoms with van der Waals surface area (Å²) in [5.41, 5.74) is 2.86. The maximum Gasteiger partial charge on any atom is 0.451 e. The van der Waals surface area contributed by atoms with E-state index in [1.165, 1.54) is 6.07 Å². The Hall–Kier alpha value is -2.61. The van der Waals surface area contributed by atoms with Crippen molar-refractivity contribution in [3.05, 3.63) is 59.4 Å². The first kappa shape index (κ1) is 19.2. The Balaban J connectivity index is 1.80. The SMILES string of the molecule is Cc1ccc(NC(=O)CSc2nc(C(F)(F)F)nc3ccccc23)c(C)c1. The van der Waals surface area contributed by atoms with Crippen LogP contribution in [0.2, 0.25) is 0 Å². The van der Waals surface area contributed by atoms with Crippen LogP contribution in [-0.4, -0.2) is 21.6 Å². The second-order valence-corrected chi connectivity index (χ2v) is 6.99. The predicted octanol–water partition coefficient (Wildman–Crippen LogP) is 5.00. The number of carbonyl (C=O) groups is 1. The maximum absolute atomic E-state index is 13.0. The topological polar surface area (TPSA) is 54.9 Å². The van der Waals surface area contributed by atoms with Gasteiger partial charge in [0.1, 0.15) is 5.03 Å². The van der Waals surface area contributed by atoms with Crippen molar-refractivity contribution < 1.29 is 18.0 Å². The molecule has 1 N–H and O–H groups in total. The number of hydrogen-bond donors (Lipinski definition) is 1. The van der Waals surface area contributed by atoms with Gasteiger partial charge in [-0.05, 0) is 31.5 Å². The van der Waals surface area contributed by atoms with Crippen molar-refractivity contribution in [2.45, 2.75) is 25.0 Å². The van der Waals surface area contributed by atoms with Crippen molar-refractivity contribution >= 4 is 34.3 Å². The number of para-hydroxylation sites is 1. The van der Waals surface area contributed by atoms with Gasteiger partial charge in [0, 0.05) is 11.1 Å². The number of alkyl halides is 3. The van der Waals surface area contributed by atoms with Crippen LogP contribution in [0.15, 0.2) is 47.5 Å². The van der Waals surface area contributed by atoms with E-state index in [9.17, 15) is 18.0 Å². The van der Waals surface area contributed by atoms with Crippen LogP contribution in [0.25, 0.3) is 10.9 Å². The molecule has 0 unspecified atom stereocenters. The minimum atomic E-state index is -4.65. The van der Waals surface area contributed by atoms with Gasteiger partial charge in [0.15, 0.2) is 0 Å². The van der Waals surface area contributed by atoms with Crippen molar-refractivity contribution in [1.82, 2.24) is 9.97 Å². The molecule has 0 aliphatic carbocycles. The third-order valence-electron chi connectivity index (χ3n) is 3.82. The van der Waals surface area contributed by atoms with E-state index in [1.807, 2.05) is 26.0 Å². The summed E-state index contributed by atoms with van der Waals surface area (Å²) < 4.78 is 39.1. The summed E-state index contributed by atoms with van der Waals surface area (Å²) in [5, 5.41) is 3.38. The summed E-state index contributed by atoms with van der Waals surface area (Å²) in [6.07, 6.45) is -4.65. The lowest BCUT2D eigenvalue weighted by atomic mass is 10.1. The van der Waals surface area contributed by atoms with E-state index in [4.69, 9.17) is 0 Å². The molecular formula is C19H16F3N3OS. The highest BCUT2D eigenvalue weighted by Crippen LogP contribution is 2.32. The zero-order valence-corrected chi connectivity index (χ0v) is 15.4. The van der Waals surface area contributed by atoms with Gasteiger partial charge in [-0.1, -0.05) is 47.7 Å². The molecule has 0 saturated heterocycles. The van der Waals surface area contributed by atoms with E-state index in [2.05, 4.69) is 15.3 Å². The summed E-state index contributed by atoms with van der Waals surface area (Å²) in [6, 6.07) is 12.1. The van der Waals surface area contributed by atoms with Gasteiger partial charge >= 0.3 is 6.18 Å². The van der Waals surface area contributed by atoms with E-state index in [1.54, 1.807) is 24.3 Å². The molecule has 1 amide bonds. The molecule has 2 aromatic carbocycles. The number of thioether (sulfide) groups is 1. The van der Waals surface area contributed by atoms with E-state index in [0.29, 0.717) is 11.1 Å². The maximum atomic E-state index is 13.0. The number of nitrogens with zero attached hydrogens (tertiary/aromatic N) is 2. The Morgan fingerprint density at radius 3 is 2.56 bits per heavy atom. The molecule has 27 heavy (non-hydrogen) atoms. The molecule has 140 valence electrons. The van der Waals surface area contributed by atoms with Crippen molar-refractivity contribution in [3.63, 3.8) is 0 Å². The van der Waals surface area contributed by atoms with Gasteiger partial charge in [0.25, 0.3) is 0 Å². The van der Waals surface area contributed by atoms with Gasteiger partial charge in [-0.15, -0.1) is 0 Å². The molecule has 0 aliphatic rings. The lowest BCUT2D eigenvalue weighted by Crippen LogP contribution is -2.16. The average molecular weight is 391 g/mol. The minimum absolute atomic E-state index is 0.0639. The molecular weight excluding hydrogens is 375 g/mol. The molecule has 0 saturated carbocycles. The molecule has 0 radical (unpaired) electrons. The van der Waals surface area contributed by atoms with Crippen LogP contribution < -0.4 is 5.32 Å².